The largest absolute Gasteiger partial charge is 0.494 e. The number of nitrogens with zero attached hydrogens (tertiary/aromatic N) is 1. The highest BCUT2D eigenvalue weighted by Gasteiger charge is 2.27. The molecular weight excluding hydrogens is 424 g/mol. The van der Waals surface area contributed by atoms with E-state index in [2.05, 4.69) is 5.32 Å². The van der Waals surface area contributed by atoms with Gasteiger partial charge in [0.15, 0.2) is 0 Å². The van der Waals surface area contributed by atoms with Crippen LogP contribution >= 0.6 is 0 Å². The highest BCUT2D eigenvalue weighted by molar-refractivity contribution is 7.89. The molecule has 32 heavy (non-hydrogen) atoms. The molecule has 0 aliphatic heterocycles. The molecule has 1 amide bonds. The molecule has 0 saturated heterocycles. The summed E-state index contributed by atoms with van der Waals surface area (Å²) in [5.74, 6) is 0.230. The van der Waals surface area contributed by atoms with Gasteiger partial charge < -0.3 is 10.1 Å². The van der Waals surface area contributed by atoms with Crippen LogP contribution < -0.4 is 10.1 Å². The predicted molar refractivity (Wildman–Crippen MR) is 125 cm³/mol. The van der Waals surface area contributed by atoms with Gasteiger partial charge in [0.2, 0.25) is 15.9 Å². The Balaban J connectivity index is 1.78. The summed E-state index contributed by atoms with van der Waals surface area (Å²) in [5, 5.41) is 2.83. The Kier molecular flexibility index (Phi) is 8.03. The van der Waals surface area contributed by atoms with E-state index in [1.165, 1.54) is 16.4 Å². The van der Waals surface area contributed by atoms with Crippen LogP contribution in [0.4, 0.5) is 0 Å². The summed E-state index contributed by atoms with van der Waals surface area (Å²) < 4.78 is 33.3. The van der Waals surface area contributed by atoms with Gasteiger partial charge in [-0.2, -0.15) is 4.31 Å². The molecule has 3 aromatic rings. The van der Waals surface area contributed by atoms with Gasteiger partial charge in [-0.3, -0.25) is 4.79 Å². The van der Waals surface area contributed by atoms with Crippen molar-refractivity contribution in [2.45, 2.75) is 31.8 Å². The van der Waals surface area contributed by atoms with Gasteiger partial charge in [0.05, 0.1) is 18.0 Å². The number of hydrogen-bond acceptors (Lipinski definition) is 4. The summed E-state index contributed by atoms with van der Waals surface area (Å²) in [6.45, 7) is 4.48. The van der Waals surface area contributed by atoms with Gasteiger partial charge >= 0.3 is 0 Å². The third kappa shape index (κ3) is 6.42. The zero-order chi connectivity index (χ0) is 23.0. The highest BCUT2D eigenvalue weighted by Crippen LogP contribution is 2.21. The summed E-state index contributed by atoms with van der Waals surface area (Å²) in [5.41, 5.74) is 2.86. The van der Waals surface area contributed by atoms with E-state index in [-0.39, 0.29) is 23.9 Å². The lowest BCUT2D eigenvalue weighted by Crippen LogP contribution is -2.40. The Morgan fingerprint density at radius 2 is 1.62 bits per heavy atom. The first-order valence-electron chi connectivity index (χ1n) is 10.5. The lowest BCUT2D eigenvalue weighted by Gasteiger charge is -2.22. The molecule has 0 radical (unpaired) electrons. The Hall–Kier alpha value is -3.16. The highest BCUT2D eigenvalue weighted by atomic mass is 32.2. The predicted octanol–water partition coefficient (Wildman–Crippen LogP) is 3.90. The number of carbonyl (C=O) groups is 1. The number of nitrogens with one attached hydrogen (secondary N) is 1. The number of benzene rings is 3. The van der Waals surface area contributed by atoms with Crippen LogP contribution in [0, 0.1) is 6.92 Å². The number of sulfonamides is 1. The van der Waals surface area contributed by atoms with Crippen LogP contribution in [0.3, 0.4) is 0 Å². The molecular formula is C25H28N2O4S. The maximum absolute atomic E-state index is 13.4. The van der Waals surface area contributed by atoms with Crippen molar-refractivity contribution in [3.8, 4) is 5.75 Å². The molecule has 0 aliphatic rings. The topological polar surface area (TPSA) is 75.7 Å². The monoisotopic (exact) mass is 452 g/mol. The SMILES string of the molecule is CCOc1ccc(S(=O)(=O)N(CC(=O)NCc2cccc(C)c2)Cc2ccccc2)cc1. The minimum atomic E-state index is -3.90. The Labute approximate surface area is 189 Å². The second-order valence-corrected chi connectivity index (χ2v) is 9.37. The van der Waals surface area contributed by atoms with Crippen molar-refractivity contribution < 1.29 is 17.9 Å². The normalized spacial score (nSPS) is 11.3. The van der Waals surface area contributed by atoms with E-state index in [1.54, 1.807) is 12.1 Å². The van der Waals surface area contributed by atoms with E-state index in [9.17, 15) is 13.2 Å². The molecule has 1 N–H and O–H groups in total. The zero-order valence-corrected chi connectivity index (χ0v) is 19.1. The molecule has 0 heterocycles. The van der Waals surface area contributed by atoms with E-state index < -0.39 is 10.0 Å². The maximum Gasteiger partial charge on any atom is 0.243 e. The molecule has 7 heteroatoms. The Bertz CT molecular complexity index is 1130. The second kappa shape index (κ2) is 10.9. The van der Waals surface area contributed by atoms with Crippen LogP contribution in [-0.2, 0) is 27.9 Å². The lowest BCUT2D eigenvalue weighted by atomic mass is 10.1. The third-order valence-corrected chi connectivity index (χ3v) is 6.67. The minimum Gasteiger partial charge on any atom is -0.494 e. The quantitative estimate of drug-likeness (QED) is 0.506. The van der Waals surface area contributed by atoms with E-state index in [4.69, 9.17) is 4.74 Å². The van der Waals surface area contributed by atoms with Crippen LogP contribution in [0.15, 0.2) is 83.8 Å². The van der Waals surface area contributed by atoms with Crippen LogP contribution in [-0.4, -0.2) is 31.8 Å². The number of rotatable bonds is 10. The standard InChI is InChI=1S/C25H28N2O4S/c1-3-31-23-12-14-24(15-13-23)32(29,30)27(18-21-9-5-4-6-10-21)19-25(28)26-17-22-11-7-8-20(2)16-22/h4-16H,3,17-19H2,1-2H3,(H,26,28). The van der Waals surface area contributed by atoms with Crippen molar-refractivity contribution >= 4 is 15.9 Å². The number of carbonyl (C=O) groups excluding carboxylic acids is 1. The Morgan fingerprint density at radius 1 is 0.938 bits per heavy atom. The molecule has 3 rings (SSSR count). The molecule has 0 atom stereocenters. The van der Waals surface area contributed by atoms with Crippen LogP contribution in [0.5, 0.6) is 5.75 Å². The summed E-state index contributed by atoms with van der Waals surface area (Å²) in [6, 6.07) is 23.3. The molecule has 0 unspecified atom stereocenters. The second-order valence-electron chi connectivity index (χ2n) is 7.43. The number of hydrogen-bond donors (Lipinski definition) is 1. The first kappa shape index (κ1) is 23.5. The number of ether oxygens (including phenoxy) is 1. The maximum atomic E-state index is 13.4. The summed E-state index contributed by atoms with van der Waals surface area (Å²) in [7, 11) is -3.90. The van der Waals surface area contributed by atoms with E-state index in [0.29, 0.717) is 18.9 Å². The van der Waals surface area contributed by atoms with Crippen molar-refractivity contribution in [2.75, 3.05) is 13.2 Å². The molecule has 0 aliphatic carbocycles. The van der Waals surface area contributed by atoms with Gasteiger partial charge in [-0.05, 0) is 49.2 Å². The van der Waals surface area contributed by atoms with E-state index in [1.807, 2.05) is 68.4 Å². The van der Waals surface area contributed by atoms with Crippen molar-refractivity contribution in [2.24, 2.45) is 0 Å². The minimum absolute atomic E-state index is 0.0915. The molecule has 0 spiro atoms. The Morgan fingerprint density at radius 3 is 2.28 bits per heavy atom. The molecule has 3 aromatic carbocycles. The first-order chi connectivity index (χ1) is 15.4. The van der Waals surface area contributed by atoms with Gasteiger partial charge in [0.25, 0.3) is 0 Å². The average molecular weight is 453 g/mol. The van der Waals surface area contributed by atoms with Gasteiger partial charge in [-0.1, -0.05) is 60.2 Å². The fraction of sp³-hybridized carbons (Fsp3) is 0.240. The molecule has 0 bridgehead atoms. The van der Waals surface area contributed by atoms with Crippen molar-refractivity contribution in [1.29, 1.82) is 0 Å². The molecule has 0 saturated carbocycles. The fourth-order valence-corrected chi connectivity index (χ4v) is 4.66. The molecule has 168 valence electrons. The van der Waals surface area contributed by atoms with Crippen molar-refractivity contribution in [3.05, 3.63) is 95.6 Å². The summed E-state index contributed by atoms with van der Waals surface area (Å²) in [6.07, 6.45) is 0. The summed E-state index contributed by atoms with van der Waals surface area (Å²) in [4.78, 5) is 12.8. The van der Waals surface area contributed by atoms with E-state index in [0.717, 1.165) is 16.7 Å². The van der Waals surface area contributed by atoms with Gasteiger partial charge in [0, 0.05) is 13.1 Å². The van der Waals surface area contributed by atoms with Crippen molar-refractivity contribution in [3.63, 3.8) is 0 Å². The third-order valence-electron chi connectivity index (χ3n) is 4.87. The number of amides is 1. The first-order valence-corrected chi connectivity index (χ1v) is 11.9. The smallest absolute Gasteiger partial charge is 0.243 e. The van der Waals surface area contributed by atoms with E-state index >= 15 is 0 Å². The van der Waals surface area contributed by atoms with Crippen LogP contribution in [0.1, 0.15) is 23.6 Å². The molecule has 6 nitrogen and oxygen atoms in total. The molecule has 0 fully saturated rings. The van der Waals surface area contributed by atoms with Crippen LogP contribution in [0.2, 0.25) is 0 Å². The number of aryl methyl sites for hydroxylation is 1. The van der Waals surface area contributed by atoms with Gasteiger partial charge in [-0.25, -0.2) is 8.42 Å². The zero-order valence-electron chi connectivity index (χ0n) is 18.3. The summed E-state index contributed by atoms with van der Waals surface area (Å²) >= 11 is 0. The van der Waals surface area contributed by atoms with Crippen molar-refractivity contribution in [1.82, 2.24) is 9.62 Å². The van der Waals surface area contributed by atoms with Gasteiger partial charge in [-0.15, -0.1) is 0 Å². The van der Waals surface area contributed by atoms with Crippen LogP contribution in [0.25, 0.3) is 0 Å². The lowest BCUT2D eigenvalue weighted by molar-refractivity contribution is -0.121. The van der Waals surface area contributed by atoms with Gasteiger partial charge in [0.1, 0.15) is 5.75 Å². The molecule has 0 aromatic heterocycles. The average Bonchev–Trinajstić information content (AvgIpc) is 2.79. The fourth-order valence-electron chi connectivity index (χ4n) is 3.28.